The second-order valence-electron chi connectivity index (χ2n) is 5.02. The van der Waals surface area contributed by atoms with Gasteiger partial charge in [0.2, 0.25) is 0 Å². The van der Waals surface area contributed by atoms with E-state index in [1.54, 1.807) is 5.57 Å². The van der Waals surface area contributed by atoms with Crippen molar-refractivity contribution in [2.24, 2.45) is 11.8 Å². The number of fused-ring (bicyclic) bond motifs is 2. The van der Waals surface area contributed by atoms with Gasteiger partial charge >= 0.3 is 0 Å². The average molecular weight is 197 g/mol. The van der Waals surface area contributed by atoms with Crippen molar-refractivity contribution < 1.29 is 0 Å². The first kappa shape index (κ1) is 9.08. The van der Waals surface area contributed by atoms with Crippen molar-refractivity contribution in [3.05, 3.63) is 53.5 Å². The van der Waals surface area contributed by atoms with Gasteiger partial charge in [0, 0.05) is 41.7 Å². The van der Waals surface area contributed by atoms with Crippen molar-refractivity contribution in [2.75, 3.05) is 0 Å². The summed E-state index contributed by atoms with van der Waals surface area (Å²) in [6.45, 7) is 6.45. The van der Waals surface area contributed by atoms with Crippen LogP contribution < -0.4 is 0 Å². The largest absolute Gasteiger partial charge is 0.0999 e. The molecule has 0 heteroatoms. The zero-order valence-electron chi connectivity index (χ0n) is 9.29. The monoisotopic (exact) mass is 197 g/mol. The number of hydrogen-bond donors (Lipinski definition) is 0. The average Bonchev–Trinajstić information content (AvgIpc) is 2.77. The first-order valence-electron chi connectivity index (χ1n) is 5.89. The van der Waals surface area contributed by atoms with Crippen LogP contribution in [-0.4, -0.2) is 0 Å². The van der Waals surface area contributed by atoms with E-state index in [1.165, 1.54) is 36.0 Å². The zero-order chi connectivity index (χ0) is 10.4. The molecule has 0 nitrogen and oxygen atoms in total. The van der Waals surface area contributed by atoms with Gasteiger partial charge in [0.15, 0.2) is 0 Å². The van der Waals surface area contributed by atoms with Crippen LogP contribution in [0.3, 0.4) is 0 Å². The van der Waals surface area contributed by atoms with Crippen LogP contribution in [0.1, 0.15) is 26.2 Å². The Bertz CT molecular complexity index is 404. The maximum absolute atomic E-state index is 4.29. The Kier molecular flexibility index (Phi) is 1.92. The predicted molar refractivity (Wildman–Crippen MR) is 64.2 cm³/mol. The Labute approximate surface area is 92.1 Å². The molecule has 0 heterocycles. The summed E-state index contributed by atoms with van der Waals surface area (Å²) >= 11 is 0. The van der Waals surface area contributed by atoms with Crippen LogP contribution in [0.2, 0.25) is 0 Å². The molecule has 15 heavy (non-hydrogen) atoms. The second-order valence-corrected chi connectivity index (χ2v) is 5.02. The third-order valence-electron chi connectivity index (χ3n) is 4.01. The van der Waals surface area contributed by atoms with Crippen molar-refractivity contribution in [1.29, 1.82) is 0 Å². The molecule has 0 aliphatic heterocycles. The Hall–Kier alpha value is -1.17. The fraction of sp³-hybridized carbons (Fsp3) is 0.400. The molecule has 0 aromatic carbocycles. The van der Waals surface area contributed by atoms with Gasteiger partial charge in [-0.25, -0.2) is 0 Å². The van der Waals surface area contributed by atoms with Gasteiger partial charge in [-0.05, 0) is 37.7 Å². The van der Waals surface area contributed by atoms with Crippen molar-refractivity contribution in [1.82, 2.24) is 0 Å². The minimum atomic E-state index is 0.797. The van der Waals surface area contributed by atoms with Gasteiger partial charge in [-0.3, -0.25) is 0 Å². The molecule has 0 aromatic rings. The zero-order valence-corrected chi connectivity index (χ0v) is 9.29. The molecule has 0 amide bonds. The lowest BCUT2D eigenvalue weighted by Crippen LogP contribution is -2.05. The van der Waals surface area contributed by atoms with E-state index in [2.05, 4.69) is 38.2 Å². The van der Waals surface area contributed by atoms with Crippen LogP contribution in [0.15, 0.2) is 47.1 Å². The first-order valence-corrected chi connectivity index (χ1v) is 5.89. The third kappa shape index (κ3) is 1.31. The van der Waals surface area contributed by atoms with Gasteiger partial charge in [-0.2, -0.15) is 0 Å². The summed E-state index contributed by atoms with van der Waals surface area (Å²) in [4.78, 5) is 0. The quantitative estimate of drug-likeness (QED) is 0.515. The van der Waals surface area contributed by atoms with Gasteiger partial charge in [0.25, 0.3) is 0 Å². The molecule has 2 unspecified atom stereocenters. The van der Waals surface area contributed by atoms with Crippen LogP contribution in [0, 0.1) is 18.3 Å². The van der Waals surface area contributed by atoms with Crippen molar-refractivity contribution in [3.63, 3.8) is 0 Å². The van der Waals surface area contributed by atoms with E-state index in [0.29, 0.717) is 0 Å². The molecule has 2 atom stereocenters. The maximum atomic E-state index is 4.29. The topological polar surface area (TPSA) is 0 Å². The lowest BCUT2D eigenvalue weighted by atomic mass is 9.84. The summed E-state index contributed by atoms with van der Waals surface area (Å²) < 4.78 is 0. The molecule has 0 N–H and O–H groups in total. The summed E-state index contributed by atoms with van der Waals surface area (Å²) in [7, 11) is 0. The second kappa shape index (κ2) is 3.16. The minimum absolute atomic E-state index is 0.797. The van der Waals surface area contributed by atoms with E-state index >= 15 is 0 Å². The van der Waals surface area contributed by atoms with Crippen LogP contribution in [-0.2, 0) is 0 Å². The molecule has 2 fully saturated rings. The Morgan fingerprint density at radius 2 is 2.13 bits per heavy atom. The van der Waals surface area contributed by atoms with Gasteiger partial charge < -0.3 is 0 Å². The van der Waals surface area contributed by atoms with E-state index in [9.17, 15) is 0 Å². The molecule has 0 spiro atoms. The lowest BCUT2D eigenvalue weighted by molar-refractivity contribution is 0.653. The summed E-state index contributed by atoms with van der Waals surface area (Å²) in [6, 6.07) is 0. The first-order chi connectivity index (χ1) is 7.25. The maximum Gasteiger partial charge on any atom is 0.0999 e. The third-order valence-corrected chi connectivity index (χ3v) is 4.01. The smallest absolute Gasteiger partial charge is 0.0853 e. The minimum Gasteiger partial charge on any atom is -0.0853 e. The van der Waals surface area contributed by atoms with Crippen LogP contribution in [0.4, 0.5) is 0 Å². The van der Waals surface area contributed by atoms with E-state index < -0.39 is 0 Å². The molecule has 2 bridgehead atoms. The van der Waals surface area contributed by atoms with E-state index in [-0.39, 0.29) is 0 Å². The van der Waals surface area contributed by atoms with Gasteiger partial charge in [0.05, 0.1) is 5.57 Å². The fourth-order valence-electron chi connectivity index (χ4n) is 3.28. The standard InChI is InChI=1S/C15H17/c1-10-4-3-5-13(8-10)15-11(2)12-6-7-14(15)9-12/h3-5,8,12,14H,2,6-7,9H2,1H3/q+1/b15-13+. The van der Waals surface area contributed by atoms with Gasteiger partial charge in [-0.15, -0.1) is 0 Å². The van der Waals surface area contributed by atoms with E-state index in [1.807, 2.05) is 0 Å². The normalized spacial score (nSPS) is 38.2. The molecule has 0 saturated heterocycles. The summed E-state index contributed by atoms with van der Waals surface area (Å²) in [5.74, 6) is 1.61. The highest BCUT2D eigenvalue weighted by atomic mass is 14.4. The SMILES string of the molecule is C=C1/C(=C2\C=C(C)C=C[CH+]2)C2CCC1C2. The molecule has 2 saturated carbocycles. The van der Waals surface area contributed by atoms with Crippen LogP contribution in [0.25, 0.3) is 0 Å². The number of allylic oxidation sites excluding steroid dienone is 7. The van der Waals surface area contributed by atoms with E-state index in [4.69, 9.17) is 0 Å². The fourth-order valence-corrected chi connectivity index (χ4v) is 3.28. The highest BCUT2D eigenvalue weighted by Crippen LogP contribution is 2.52. The number of rotatable bonds is 0. The van der Waals surface area contributed by atoms with Crippen LogP contribution in [0.5, 0.6) is 0 Å². The van der Waals surface area contributed by atoms with Crippen molar-refractivity contribution >= 4 is 0 Å². The molecular weight excluding hydrogens is 180 g/mol. The van der Waals surface area contributed by atoms with E-state index in [0.717, 1.165) is 11.8 Å². The Morgan fingerprint density at radius 3 is 2.80 bits per heavy atom. The highest BCUT2D eigenvalue weighted by Gasteiger charge is 2.43. The molecule has 3 aliphatic rings. The Morgan fingerprint density at radius 1 is 1.33 bits per heavy atom. The summed E-state index contributed by atoms with van der Waals surface area (Å²) in [5.41, 5.74) is 5.77. The summed E-state index contributed by atoms with van der Waals surface area (Å²) in [6.07, 6.45) is 13.0. The van der Waals surface area contributed by atoms with Crippen molar-refractivity contribution in [3.8, 4) is 0 Å². The molecule has 76 valence electrons. The van der Waals surface area contributed by atoms with Crippen molar-refractivity contribution in [2.45, 2.75) is 26.2 Å². The highest BCUT2D eigenvalue weighted by molar-refractivity contribution is 5.54. The molecule has 3 aliphatic carbocycles. The molecule has 3 rings (SSSR count). The van der Waals surface area contributed by atoms with Gasteiger partial charge in [0.1, 0.15) is 0 Å². The Balaban J connectivity index is 2.03. The van der Waals surface area contributed by atoms with Gasteiger partial charge in [-0.1, -0.05) is 6.58 Å². The number of hydrogen-bond acceptors (Lipinski definition) is 0. The lowest BCUT2D eigenvalue weighted by Gasteiger charge is -2.15. The summed E-state index contributed by atoms with van der Waals surface area (Å²) in [5, 5.41) is 0. The molecule has 0 radical (unpaired) electrons. The predicted octanol–water partition coefficient (Wildman–Crippen LogP) is 3.99. The molecular formula is C15H17+. The molecule has 0 aromatic heterocycles. The van der Waals surface area contributed by atoms with Crippen LogP contribution >= 0.6 is 0 Å².